The van der Waals surface area contributed by atoms with Crippen molar-refractivity contribution in [3.8, 4) is 0 Å². The SMILES string of the molecule is CCNC(=NCC(=O)N1CCc2ccccc21)NCC(c1ccco1)N1CCCC1. The molecular formula is C23H31N5O2. The number of carbonyl (C=O) groups excluding carboxylic acids is 1. The number of rotatable bonds is 7. The Bertz CT molecular complexity index is 858. The summed E-state index contributed by atoms with van der Waals surface area (Å²) in [7, 11) is 0. The monoisotopic (exact) mass is 409 g/mol. The molecule has 1 saturated heterocycles. The van der Waals surface area contributed by atoms with Crippen LogP contribution in [0.3, 0.4) is 0 Å². The van der Waals surface area contributed by atoms with Gasteiger partial charge < -0.3 is 20.0 Å². The summed E-state index contributed by atoms with van der Waals surface area (Å²) < 4.78 is 5.70. The van der Waals surface area contributed by atoms with Crippen molar-refractivity contribution in [2.75, 3.05) is 44.2 Å². The molecule has 1 unspecified atom stereocenters. The number of para-hydroxylation sites is 1. The number of likely N-dealkylation sites (tertiary alicyclic amines) is 1. The number of nitrogens with one attached hydrogen (secondary N) is 2. The van der Waals surface area contributed by atoms with Crippen molar-refractivity contribution < 1.29 is 9.21 Å². The summed E-state index contributed by atoms with van der Waals surface area (Å²) in [5.74, 6) is 1.65. The first-order valence-electron chi connectivity index (χ1n) is 10.9. The molecule has 7 heteroatoms. The van der Waals surface area contributed by atoms with Crippen molar-refractivity contribution in [1.29, 1.82) is 0 Å². The molecule has 2 aliphatic heterocycles. The van der Waals surface area contributed by atoms with E-state index >= 15 is 0 Å². The number of nitrogens with zero attached hydrogens (tertiary/aromatic N) is 3. The number of amides is 1. The van der Waals surface area contributed by atoms with E-state index in [1.54, 1.807) is 6.26 Å². The number of benzene rings is 1. The Labute approximate surface area is 178 Å². The number of guanidine groups is 1. The average Bonchev–Trinajstić information content (AvgIpc) is 3.54. The molecule has 2 aromatic rings. The lowest BCUT2D eigenvalue weighted by Gasteiger charge is -2.26. The summed E-state index contributed by atoms with van der Waals surface area (Å²) in [6.45, 7) is 6.45. The fourth-order valence-electron chi connectivity index (χ4n) is 4.31. The lowest BCUT2D eigenvalue weighted by Crippen LogP contribution is -2.43. The number of hydrogen-bond acceptors (Lipinski definition) is 4. The van der Waals surface area contributed by atoms with Crippen LogP contribution in [-0.4, -0.2) is 56.0 Å². The number of aliphatic imine (C=N–C) groups is 1. The maximum atomic E-state index is 12.8. The van der Waals surface area contributed by atoms with Gasteiger partial charge in [0.15, 0.2) is 5.96 Å². The van der Waals surface area contributed by atoms with Gasteiger partial charge in [0, 0.05) is 25.3 Å². The minimum Gasteiger partial charge on any atom is -0.468 e. The summed E-state index contributed by atoms with van der Waals surface area (Å²) in [5.41, 5.74) is 2.24. The van der Waals surface area contributed by atoms with Gasteiger partial charge in [-0.3, -0.25) is 9.69 Å². The van der Waals surface area contributed by atoms with Gasteiger partial charge in [0.25, 0.3) is 0 Å². The van der Waals surface area contributed by atoms with Crippen LogP contribution in [0.15, 0.2) is 52.1 Å². The third-order valence-electron chi connectivity index (χ3n) is 5.82. The van der Waals surface area contributed by atoms with Gasteiger partial charge >= 0.3 is 0 Å². The highest BCUT2D eigenvalue weighted by Crippen LogP contribution is 2.27. The molecule has 2 aliphatic rings. The van der Waals surface area contributed by atoms with Crippen LogP contribution in [-0.2, 0) is 11.2 Å². The van der Waals surface area contributed by atoms with Crippen molar-refractivity contribution in [3.05, 3.63) is 54.0 Å². The number of fused-ring (bicyclic) bond motifs is 1. The van der Waals surface area contributed by atoms with Crippen LogP contribution in [0.2, 0.25) is 0 Å². The Balaban J connectivity index is 1.39. The highest BCUT2D eigenvalue weighted by molar-refractivity contribution is 5.98. The smallest absolute Gasteiger partial charge is 0.248 e. The van der Waals surface area contributed by atoms with E-state index in [2.05, 4.69) is 26.6 Å². The van der Waals surface area contributed by atoms with E-state index in [1.807, 2.05) is 42.2 Å². The first-order chi connectivity index (χ1) is 14.8. The van der Waals surface area contributed by atoms with Crippen LogP contribution < -0.4 is 15.5 Å². The molecule has 1 aromatic carbocycles. The summed E-state index contributed by atoms with van der Waals surface area (Å²) in [6.07, 6.45) is 5.07. The van der Waals surface area contributed by atoms with Gasteiger partial charge in [-0.2, -0.15) is 0 Å². The summed E-state index contributed by atoms with van der Waals surface area (Å²) in [4.78, 5) is 21.6. The van der Waals surface area contributed by atoms with Gasteiger partial charge in [-0.05, 0) is 63.0 Å². The number of furan rings is 1. The second-order valence-electron chi connectivity index (χ2n) is 7.77. The summed E-state index contributed by atoms with van der Waals surface area (Å²) in [5, 5.41) is 6.68. The molecule has 2 N–H and O–H groups in total. The molecule has 3 heterocycles. The van der Waals surface area contributed by atoms with E-state index in [9.17, 15) is 4.79 Å². The van der Waals surface area contributed by atoms with Crippen LogP contribution in [0.25, 0.3) is 0 Å². The Morgan fingerprint density at radius 1 is 1.13 bits per heavy atom. The minimum atomic E-state index is 0.0271. The van der Waals surface area contributed by atoms with Crippen LogP contribution in [0.1, 0.15) is 37.1 Å². The fraction of sp³-hybridized carbons (Fsp3) is 0.478. The lowest BCUT2D eigenvalue weighted by atomic mass is 10.2. The molecule has 7 nitrogen and oxygen atoms in total. The zero-order valence-electron chi connectivity index (χ0n) is 17.6. The molecule has 0 radical (unpaired) electrons. The summed E-state index contributed by atoms with van der Waals surface area (Å²) >= 11 is 0. The largest absolute Gasteiger partial charge is 0.468 e. The quantitative estimate of drug-likeness (QED) is 0.543. The third-order valence-corrected chi connectivity index (χ3v) is 5.82. The van der Waals surface area contributed by atoms with Gasteiger partial charge in [-0.25, -0.2) is 4.99 Å². The van der Waals surface area contributed by atoms with Crippen LogP contribution in [0.5, 0.6) is 0 Å². The molecule has 0 aliphatic carbocycles. The first-order valence-corrected chi connectivity index (χ1v) is 10.9. The second kappa shape index (κ2) is 9.80. The Kier molecular flexibility index (Phi) is 6.69. The molecule has 0 saturated carbocycles. The average molecular weight is 410 g/mol. The van der Waals surface area contributed by atoms with Crippen LogP contribution in [0, 0.1) is 0 Å². The van der Waals surface area contributed by atoms with Crippen molar-refractivity contribution >= 4 is 17.6 Å². The lowest BCUT2D eigenvalue weighted by molar-refractivity contribution is -0.117. The molecule has 0 spiro atoms. The predicted molar refractivity (Wildman–Crippen MR) is 119 cm³/mol. The highest BCUT2D eigenvalue weighted by Gasteiger charge is 2.26. The van der Waals surface area contributed by atoms with E-state index in [0.717, 1.165) is 44.0 Å². The van der Waals surface area contributed by atoms with Gasteiger partial charge in [-0.15, -0.1) is 0 Å². The standard InChI is InChI=1S/C23H31N5O2/c1-2-24-23(25-16-20(21-10-7-15-30-21)27-12-5-6-13-27)26-17-22(29)28-14-11-18-8-3-4-9-19(18)28/h3-4,7-10,15,20H,2,5-6,11-14,16-17H2,1H3,(H2,24,25,26). The molecule has 1 aromatic heterocycles. The molecule has 1 atom stereocenters. The predicted octanol–water partition coefficient (Wildman–Crippen LogP) is 2.56. The second-order valence-corrected chi connectivity index (χ2v) is 7.77. The Hall–Kier alpha value is -2.80. The normalized spacial score (nSPS) is 17.8. The molecular weight excluding hydrogens is 378 g/mol. The number of carbonyl (C=O) groups is 1. The molecule has 4 rings (SSSR count). The Morgan fingerprint density at radius 3 is 2.73 bits per heavy atom. The van der Waals surface area contributed by atoms with Gasteiger partial charge in [-0.1, -0.05) is 18.2 Å². The van der Waals surface area contributed by atoms with Crippen molar-refractivity contribution in [3.63, 3.8) is 0 Å². The highest BCUT2D eigenvalue weighted by atomic mass is 16.3. The number of anilines is 1. The topological polar surface area (TPSA) is 73.1 Å². The van der Waals surface area contributed by atoms with Crippen LogP contribution in [0.4, 0.5) is 5.69 Å². The van der Waals surface area contributed by atoms with Gasteiger partial charge in [0.05, 0.1) is 12.3 Å². The van der Waals surface area contributed by atoms with Crippen molar-refractivity contribution in [2.45, 2.75) is 32.2 Å². The summed E-state index contributed by atoms with van der Waals surface area (Å²) in [6, 6.07) is 12.2. The minimum absolute atomic E-state index is 0.0271. The fourth-order valence-corrected chi connectivity index (χ4v) is 4.31. The van der Waals surface area contributed by atoms with E-state index in [4.69, 9.17) is 4.42 Å². The van der Waals surface area contributed by atoms with E-state index in [-0.39, 0.29) is 18.5 Å². The molecule has 0 bridgehead atoms. The zero-order chi connectivity index (χ0) is 20.8. The van der Waals surface area contributed by atoms with Gasteiger partial charge in [0.2, 0.25) is 5.91 Å². The first kappa shape index (κ1) is 20.5. The number of hydrogen-bond donors (Lipinski definition) is 2. The van der Waals surface area contributed by atoms with Crippen molar-refractivity contribution in [2.24, 2.45) is 4.99 Å². The Morgan fingerprint density at radius 2 is 1.97 bits per heavy atom. The van der Waals surface area contributed by atoms with E-state index in [0.29, 0.717) is 12.5 Å². The van der Waals surface area contributed by atoms with Crippen LogP contribution >= 0.6 is 0 Å². The zero-order valence-corrected chi connectivity index (χ0v) is 17.6. The third kappa shape index (κ3) is 4.67. The van der Waals surface area contributed by atoms with Crippen molar-refractivity contribution in [1.82, 2.24) is 15.5 Å². The molecule has 1 amide bonds. The maximum Gasteiger partial charge on any atom is 0.248 e. The molecule has 30 heavy (non-hydrogen) atoms. The van der Waals surface area contributed by atoms with Gasteiger partial charge in [0.1, 0.15) is 12.3 Å². The van der Waals surface area contributed by atoms with E-state index < -0.39 is 0 Å². The molecule has 160 valence electrons. The maximum absolute atomic E-state index is 12.8. The molecule has 1 fully saturated rings. The van der Waals surface area contributed by atoms with E-state index in [1.165, 1.54) is 18.4 Å².